The molecule has 1 unspecified atom stereocenters. The van der Waals surface area contributed by atoms with Crippen LogP contribution >= 0.6 is 15.9 Å². The number of aryl methyl sites for hydroxylation is 1. The van der Waals surface area contributed by atoms with Crippen LogP contribution in [-0.2, 0) is 0 Å². The first-order chi connectivity index (χ1) is 8.15. The zero-order chi connectivity index (χ0) is 12.0. The number of likely N-dealkylation sites (tertiary alicyclic amines) is 1. The van der Waals surface area contributed by atoms with E-state index < -0.39 is 0 Å². The summed E-state index contributed by atoms with van der Waals surface area (Å²) in [5.41, 5.74) is 2.45. The number of pyridine rings is 1. The van der Waals surface area contributed by atoms with Gasteiger partial charge < -0.3 is 9.30 Å². The predicted molar refractivity (Wildman–Crippen MR) is 72.5 cm³/mol. The van der Waals surface area contributed by atoms with Crippen molar-refractivity contribution in [2.24, 2.45) is 0 Å². The van der Waals surface area contributed by atoms with Crippen molar-refractivity contribution in [2.45, 2.75) is 19.3 Å². The molecule has 1 aliphatic heterocycles. The molecule has 0 aliphatic carbocycles. The molecule has 1 aliphatic rings. The molecule has 1 atom stereocenters. The van der Waals surface area contributed by atoms with Gasteiger partial charge in [0.2, 0.25) is 0 Å². The number of halogens is 1. The lowest BCUT2D eigenvalue weighted by Gasteiger charge is -2.09. The Labute approximate surface area is 110 Å². The van der Waals surface area contributed by atoms with Crippen LogP contribution < -0.4 is 0 Å². The number of hydrogen-bond acceptors (Lipinski definition) is 2. The fourth-order valence-electron chi connectivity index (χ4n) is 2.61. The summed E-state index contributed by atoms with van der Waals surface area (Å²) < 4.78 is 3.19. The molecule has 1 saturated heterocycles. The molecule has 3 rings (SSSR count). The maximum atomic E-state index is 4.70. The van der Waals surface area contributed by atoms with Gasteiger partial charge in [0.25, 0.3) is 0 Å². The van der Waals surface area contributed by atoms with Crippen LogP contribution in [0.4, 0.5) is 0 Å². The summed E-state index contributed by atoms with van der Waals surface area (Å²) in [6.07, 6.45) is 3.34. The fraction of sp³-hybridized carbons (Fsp3) is 0.462. The van der Waals surface area contributed by atoms with Crippen LogP contribution in [0.3, 0.4) is 0 Å². The maximum Gasteiger partial charge on any atom is 0.132 e. The van der Waals surface area contributed by atoms with E-state index in [0.29, 0.717) is 5.92 Å². The van der Waals surface area contributed by atoms with Crippen LogP contribution in [-0.4, -0.2) is 34.4 Å². The van der Waals surface area contributed by atoms with E-state index in [0.717, 1.165) is 11.1 Å². The number of imidazole rings is 1. The Morgan fingerprint density at radius 3 is 3.00 bits per heavy atom. The molecule has 2 aromatic heterocycles. The zero-order valence-corrected chi connectivity index (χ0v) is 11.7. The van der Waals surface area contributed by atoms with Gasteiger partial charge in [-0.15, -0.1) is 0 Å². The van der Waals surface area contributed by atoms with Gasteiger partial charge in [-0.3, -0.25) is 0 Å². The molecule has 0 N–H and O–H groups in total. The molecule has 3 nitrogen and oxygen atoms in total. The molecule has 1 fully saturated rings. The highest BCUT2D eigenvalue weighted by atomic mass is 79.9. The maximum absolute atomic E-state index is 4.70. The second-order valence-corrected chi connectivity index (χ2v) is 5.72. The van der Waals surface area contributed by atoms with Gasteiger partial charge in [0, 0.05) is 18.7 Å². The first kappa shape index (κ1) is 11.2. The van der Waals surface area contributed by atoms with Gasteiger partial charge in [-0.25, -0.2) is 4.98 Å². The summed E-state index contributed by atoms with van der Waals surface area (Å²) in [5, 5.41) is 0. The van der Waals surface area contributed by atoms with Gasteiger partial charge in [0.15, 0.2) is 0 Å². The predicted octanol–water partition coefficient (Wildman–Crippen LogP) is 2.82. The number of nitrogens with zero attached hydrogens (tertiary/aromatic N) is 3. The molecule has 17 heavy (non-hydrogen) atoms. The molecule has 4 heteroatoms. The lowest BCUT2D eigenvalue weighted by molar-refractivity contribution is 0.409. The van der Waals surface area contributed by atoms with Crippen LogP contribution in [0, 0.1) is 6.92 Å². The van der Waals surface area contributed by atoms with Crippen molar-refractivity contribution in [3.8, 4) is 0 Å². The van der Waals surface area contributed by atoms with E-state index in [9.17, 15) is 0 Å². The SMILES string of the molecule is Cc1ccn2c(C3CCN(C)C3)nc(Br)c2c1. The third-order valence-corrected chi connectivity index (χ3v) is 4.12. The first-order valence-corrected chi connectivity index (χ1v) is 6.77. The van der Waals surface area contributed by atoms with Crippen molar-refractivity contribution in [3.63, 3.8) is 0 Å². The summed E-state index contributed by atoms with van der Waals surface area (Å²) in [4.78, 5) is 7.07. The van der Waals surface area contributed by atoms with Crippen molar-refractivity contribution in [1.29, 1.82) is 0 Å². The van der Waals surface area contributed by atoms with Crippen LogP contribution in [0.1, 0.15) is 23.7 Å². The standard InChI is InChI=1S/C13H16BrN3/c1-9-3-6-17-11(7-9)12(14)15-13(17)10-4-5-16(2)8-10/h3,6-7,10H,4-5,8H2,1-2H3. The Kier molecular flexibility index (Phi) is 2.71. The fourth-order valence-corrected chi connectivity index (χ4v) is 3.10. The van der Waals surface area contributed by atoms with E-state index in [2.05, 4.69) is 57.5 Å². The highest BCUT2D eigenvalue weighted by molar-refractivity contribution is 9.10. The Balaban J connectivity index is 2.11. The monoisotopic (exact) mass is 293 g/mol. The Bertz CT molecular complexity index is 561. The van der Waals surface area contributed by atoms with Crippen LogP contribution in [0.25, 0.3) is 5.52 Å². The Hall–Kier alpha value is -0.870. The van der Waals surface area contributed by atoms with Crippen LogP contribution in [0.15, 0.2) is 22.9 Å². The molecular formula is C13H16BrN3. The second kappa shape index (κ2) is 4.10. The summed E-state index contributed by atoms with van der Waals surface area (Å²) >= 11 is 3.57. The Morgan fingerprint density at radius 2 is 2.29 bits per heavy atom. The average Bonchev–Trinajstić information content (AvgIpc) is 2.84. The van der Waals surface area contributed by atoms with Gasteiger partial charge in [-0.05, 0) is 60.6 Å². The van der Waals surface area contributed by atoms with E-state index in [-0.39, 0.29) is 0 Å². The van der Waals surface area contributed by atoms with E-state index in [1.54, 1.807) is 0 Å². The van der Waals surface area contributed by atoms with Crippen molar-refractivity contribution < 1.29 is 0 Å². The van der Waals surface area contributed by atoms with E-state index in [1.165, 1.54) is 29.9 Å². The number of fused-ring (bicyclic) bond motifs is 1. The van der Waals surface area contributed by atoms with Crippen LogP contribution in [0.2, 0.25) is 0 Å². The van der Waals surface area contributed by atoms with Crippen molar-refractivity contribution in [1.82, 2.24) is 14.3 Å². The third kappa shape index (κ3) is 1.89. The Morgan fingerprint density at radius 1 is 1.47 bits per heavy atom. The minimum Gasteiger partial charge on any atom is -0.306 e. The highest BCUT2D eigenvalue weighted by Gasteiger charge is 2.25. The second-order valence-electron chi connectivity index (χ2n) is 4.97. The average molecular weight is 294 g/mol. The van der Waals surface area contributed by atoms with Gasteiger partial charge >= 0.3 is 0 Å². The minimum atomic E-state index is 0.557. The third-order valence-electron chi connectivity index (χ3n) is 3.54. The summed E-state index contributed by atoms with van der Waals surface area (Å²) in [6, 6.07) is 4.32. The molecule has 0 spiro atoms. The molecular weight excluding hydrogens is 278 g/mol. The quantitative estimate of drug-likeness (QED) is 0.806. The summed E-state index contributed by atoms with van der Waals surface area (Å²) in [5.74, 6) is 1.75. The summed E-state index contributed by atoms with van der Waals surface area (Å²) in [7, 11) is 2.18. The lowest BCUT2D eigenvalue weighted by atomic mass is 10.1. The largest absolute Gasteiger partial charge is 0.306 e. The number of hydrogen-bond donors (Lipinski definition) is 0. The van der Waals surface area contributed by atoms with E-state index in [1.807, 2.05) is 0 Å². The lowest BCUT2D eigenvalue weighted by Crippen LogP contribution is -2.14. The van der Waals surface area contributed by atoms with Gasteiger partial charge in [0.05, 0.1) is 5.52 Å². The van der Waals surface area contributed by atoms with E-state index >= 15 is 0 Å². The molecule has 90 valence electrons. The van der Waals surface area contributed by atoms with Crippen molar-refractivity contribution in [2.75, 3.05) is 20.1 Å². The zero-order valence-electron chi connectivity index (χ0n) is 10.2. The van der Waals surface area contributed by atoms with Gasteiger partial charge in [-0.2, -0.15) is 0 Å². The summed E-state index contributed by atoms with van der Waals surface area (Å²) in [6.45, 7) is 4.39. The van der Waals surface area contributed by atoms with Gasteiger partial charge in [0.1, 0.15) is 10.4 Å². The van der Waals surface area contributed by atoms with E-state index in [4.69, 9.17) is 4.98 Å². The molecule has 3 heterocycles. The van der Waals surface area contributed by atoms with Gasteiger partial charge in [-0.1, -0.05) is 0 Å². The molecule has 0 bridgehead atoms. The first-order valence-electron chi connectivity index (χ1n) is 5.98. The smallest absolute Gasteiger partial charge is 0.132 e. The topological polar surface area (TPSA) is 20.5 Å². The van der Waals surface area contributed by atoms with Crippen LogP contribution in [0.5, 0.6) is 0 Å². The minimum absolute atomic E-state index is 0.557. The normalized spacial score (nSPS) is 21.5. The number of rotatable bonds is 1. The molecule has 2 aromatic rings. The molecule has 0 radical (unpaired) electrons. The molecule has 0 amide bonds. The van der Waals surface area contributed by atoms with Crippen molar-refractivity contribution >= 4 is 21.4 Å². The molecule has 0 aromatic carbocycles. The number of aromatic nitrogens is 2. The van der Waals surface area contributed by atoms with Crippen molar-refractivity contribution in [3.05, 3.63) is 34.3 Å². The highest BCUT2D eigenvalue weighted by Crippen LogP contribution is 2.29. The number of likely N-dealkylation sites (N-methyl/N-ethyl adjacent to an activating group) is 1. The molecule has 0 saturated carbocycles.